The Kier molecular flexibility index (Phi) is 6.38. The van der Waals surface area contributed by atoms with E-state index in [0.717, 1.165) is 18.3 Å². The fourth-order valence-electron chi connectivity index (χ4n) is 2.73. The highest BCUT2D eigenvalue weighted by atomic mass is 16.5. The van der Waals surface area contributed by atoms with Crippen molar-refractivity contribution >= 4 is 5.96 Å². The van der Waals surface area contributed by atoms with Gasteiger partial charge in [0.05, 0.1) is 6.61 Å². The average molecular weight is 289 g/mol. The number of rotatable bonds is 5. The van der Waals surface area contributed by atoms with E-state index in [0.29, 0.717) is 12.6 Å². The molecule has 0 atom stereocenters. The van der Waals surface area contributed by atoms with E-state index in [-0.39, 0.29) is 0 Å². The molecule has 2 rings (SSSR count). The van der Waals surface area contributed by atoms with E-state index in [4.69, 9.17) is 4.74 Å². The summed E-state index contributed by atoms with van der Waals surface area (Å²) in [4.78, 5) is 4.32. The van der Waals surface area contributed by atoms with Gasteiger partial charge in [0.1, 0.15) is 5.75 Å². The molecule has 0 aromatic heterocycles. The first-order chi connectivity index (χ1) is 10.3. The second-order valence-corrected chi connectivity index (χ2v) is 5.49. The lowest BCUT2D eigenvalue weighted by molar-refractivity contribution is 0.340. The maximum absolute atomic E-state index is 5.53. The molecule has 1 aromatic rings. The third kappa shape index (κ3) is 5.29. The molecule has 116 valence electrons. The third-order valence-electron chi connectivity index (χ3n) is 3.84. The Bertz CT molecular complexity index is 453. The summed E-state index contributed by atoms with van der Waals surface area (Å²) in [6.07, 6.45) is 6.52. The lowest BCUT2D eigenvalue weighted by atomic mass is 9.96. The topological polar surface area (TPSA) is 45.6 Å². The van der Waals surface area contributed by atoms with E-state index in [1.807, 2.05) is 26.1 Å². The molecule has 4 heteroatoms. The molecular formula is C17H27N3O. The Labute approximate surface area is 128 Å². The molecular weight excluding hydrogens is 262 g/mol. The van der Waals surface area contributed by atoms with E-state index < -0.39 is 0 Å². The molecule has 0 heterocycles. The van der Waals surface area contributed by atoms with Crippen LogP contribution in [0.4, 0.5) is 0 Å². The Morgan fingerprint density at radius 3 is 2.81 bits per heavy atom. The van der Waals surface area contributed by atoms with Crippen LogP contribution in [-0.4, -0.2) is 25.7 Å². The summed E-state index contributed by atoms with van der Waals surface area (Å²) < 4.78 is 5.53. The summed E-state index contributed by atoms with van der Waals surface area (Å²) in [5, 5.41) is 6.91. The number of hydrogen-bond acceptors (Lipinski definition) is 2. The molecule has 1 aliphatic rings. The summed E-state index contributed by atoms with van der Waals surface area (Å²) >= 11 is 0. The van der Waals surface area contributed by atoms with Gasteiger partial charge in [-0.1, -0.05) is 31.4 Å². The smallest absolute Gasteiger partial charge is 0.191 e. The molecule has 1 aromatic carbocycles. The highest BCUT2D eigenvalue weighted by Gasteiger charge is 2.14. The first-order valence-corrected chi connectivity index (χ1v) is 8.00. The van der Waals surface area contributed by atoms with Crippen molar-refractivity contribution in [2.75, 3.05) is 13.7 Å². The summed E-state index contributed by atoms with van der Waals surface area (Å²) in [5.41, 5.74) is 1.20. The first-order valence-electron chi connectivity index (χ1n) is 8.00. The molecule has 0 unspecified atom stereocenters. The second-order valence-electron chi connectivity index (χ2n) is 5.49. The zero-order chi connectivity index (χ0) is 14.9. The van der Waals surface area contributed by atoms with Crippen molar-refractivity contribution in [1.29, 1.82) is 0 Å². The number of benzene rings is 1. The summed E-state index contributed by atoms with van der Waals surface area (Å²) in [5.74, 6) is 1.82. The molecule has 1 fully saturated rings. The molecule has 0 radical (unpaired) electrons. The van der Waals surface area contributed by atoms with E-state index in [1.54, 1.807) is 0 Å². The van der Waals surface area contributed by atoms with Crippen LogP contribution in [0.1, 0.15) is 44.6 Å². The maximum Gasteiger partial charge on any atom is 0.191 e. The van der Waals surface area contributed by atoms with Gasteiger partial charge in [0.15, 0.2) is 5.96 Å². The van der Waals surface area contributed by atoms with Gasteiger partial charge < -0.3 is 15.4 Å². The van der Waals surface area contributed by atoms with E-state index in [1.165, 1.54) is 37.7 Å². The van der Waals surface area contributed by atoms with Crippen molar-refractivity contribution in [3.8, 4) is 5.75 Å². The van der Waals surface area contributed by atoms with Gasteiger partial charge in [-0.05, 0) is 37.5 Å². The van der Waals surface area contributed by atoms with Crippen LogP contribution in [0.2, 0.25) is 0 Å². The van der Waals surface area contributed by atoms with Gasteiger partial charge in [-0.15, -0.1) is 0 Å². The molecule has 0 saturated heterocycles. The van der Waals surface area contributed by atoms with Crippen molar-refractivity contribution in [3.05, 3.63) is 29.8 Å². The van der Waals surface area contributed by atoms with Crippen molar-refractivity contribution in [1.82, 2.24) is 10.6 Å². The van der Waals surface area contributed by atoms with Crippen molar-refractivity contribution in [2.45, 2.75) is 51.6 Å². The zero-order valence-electron chi connectivity index (χ0n) is 13.2. The largest absolute Gasteiger partial charge is 0.494 e. The predicted octanol–water partition coefficient (Wildman–Crippen LogP) is 3.08. The van der Waals surface area contributed by atoms with Gasteiger partial charge >= 0.3 is 0 Å². The number of guanidine groups is 1. The van der Waals surface area contributed by atoms with Crippen molar-refractivity contribution < 1.29 is 4.74 Å². The SMILES string of the molecule is CCOc1cccc(CNC(=NC)NC2CCCCC2)c1. The van der Waals surface area contributed by atoms with Gasteiger partial charge in [-0.25, -0.2) is 0 Å². The highest BCUT2D eigenvalue weighted by Crippen LogP contribution is 2.17. The van der Waals surface area contributed by atoms with Gasteiger partial charge in [0.25, 0.3) is 0 Å². The summed E-state index contributed by atoms with van der Waals surface area (Å²) in [6.45, 7) is 3.45. The zero-order valence-corrected chi connectivity index (χ0v) is 13.2. The summed E-state index contributed by atoms with van der Waals surface area (Å²) in [6, 6.07) is 8.76. The van der Waals surface area contributed by atoms with Gasteiger partial charge in [-0.2, -0.15) is 0 Å². The van der Waals surface area contributed by atoms with Crippen LogP contribution in [0.3, 0.4) is 0 Å². The van der Waals surface area contributed by atoms with E-state index in [9.17, 15) is 0 Å². The van der Waals surface area contributed by atoms with Crippen LogP contribution < -0.4 is 15.4 Å². The van der Waals surface area contributed by atoms with Crippen LogP contribution in [-0.2, 0) is 6.54 Å². The molecule has 2 N–H and O–H groups in total. The standard InChI is InChI=1S/C17H27N3O/c1-3-21-16-11-7-8-14(12-16)13-19-17(18-2)20-15-9-5-4-6-10-15/h7-8,11-12,15H,3-6,9-10,13H2,1-2H3,(H2,18,19,20). The second kappa shape index (κ2) is 8.55. The molecule has 4 nitrogen and oxygen atoms in total. The van der Waals surface area contributed by atoms with E-state index >= 15 is 0 Å². The average Bonchev–Trinajstić information content (AvgIpc) is 2.53. The van der Waals surface area contributed by atoms with Gasteiger partial charge in [0, 0.05) is 19.6 Å². The molecule has 1 saturated carbocycles. The van der Waals surface area contributed by atoms with Crippen LogP contribution >= 0.6 is 0 Å². The van der Waals surface area contributed by atoms with E-state index in [2.05, 4.69) is 27.8 Å². The maximum atomic E-state index is 5.53. The van der Waals surface area contributed by atoms with Crippen LogP contribution in [0.5, 0.6) is 5.75 Å². The Morgan fingerprint density at radius 1 is 1.29 bits per heavy atom. The van der Waals surface area contributed by atoms with Crippen molar-refractivity contribution in [2.24, 2.45) is 4.99 Å². The molecule has 0 aliphatic heterocycles. The molecule has 0 bridgehead atoms. The predicted molar refractivity (Wildman–Crippen MR) is 87.8 cm³/mol. The first kappa shape index (κ1) is 15.7. The highest BCUT2D eigenvalue weighted by molar-refractivity contribution is 5.79. The minimum Gasteiger partial charge on any atom is -0.494 e. The number of ether oxygens (including phenoxy) is 1. The fraction of sp³-hybridized carbons (Fsp3) is 0.588. The lowest BCUT2D eigenvalue weighted by Crippen LogP contribution is -2.43. The number of nitrogens with one attached hydrogen (secondary N) is 2. The Balaban J connectivity index is 1.83. The minimum atomic E-state index is 0.569. The normalized spacial score (nSPS) is 16.6. The monoisotopic (exact) mass is 289 g/mol. The Hall–Kier alpha value is -1.71. The van der Waals surface area contributed by atoms with Crippen molar-refractivity contribution in [3.63, 3.8) is 0 Å². The van der Waals surface area contributed by atoms with Crippen LogP contribution in [0.25, 0.3) is 0 Å². The number of hydrogen-bond donors (Lipinski definition) is 2. The minimum absolute atomic E-state index is 0.569. The fourth-order valence-corrected chi connectivity index (χ4v) is 2.73. The van der Waals surface area contributed by atoms with Crippen LogP contribution in [0, 0.1) is 0 Å². The van der Waals surface area contributed by atoms with Crippen LogP contribution in [0.15, 0.2) is 29.3 Å². The summed E-state index contributed by atoms with van der Waals surface area (Å²) in [7, 11) is 1.83. The molecule has 1 aliphatic carbocycles. The molecule has 0 amide bonds. The van der Waals surface area contributed by atoms with Gasteiger partial charge in [0.2, 0.25) is 0 Å². The number of aliphatic imine (C=N–C) groups is 1. The quantitative estimate of drug-likeness (QED) is 0.647. The van der Waals surface area contributed by atoms with Gasteiger partial charge in [-0.3, -0.25) is 4.99 Å². The molecule has 21 heavy (non-hydrogen) atoms. The molecule has 0 spiro atoms. The lowest BCUT2D eigenvalue weighted by Gasteiger charge is -2.24. The Morgan fingerprint density at radius 2 is 2.10 bits per heavy atom. The third-order valence-corrected chi connectivity index (χ3v) is 3.84. The number of nitrogens with zero attached hydrogens (tertiary/aromatic N) is 1.